The molecule has 0 amide bonds. The third kappa shape index (κ3) is 4.03. The van der Waals surface area contributed by atoms with Crippen LogP contribution in [0.3, 0.4) is 0 Å². The minimum atomic E-state index is -0.358. The van der Waals surface area contributed by atoms with E-state index in [4.69, 9.17) is 14.1 Å². The van der Waals surface area contributed by atoms with Crippen molar-refractivity contribution in [3.8, 4) is 11.4 Å². The molecule has 1 fully saturated rings. The summed E-state index contributed by atoms with van der Waals surface area (Å²) in [7, 11) is 1.39. The Labute approximate surface area is 202 Å². The summed E-state index contributed by atoms with van der Waals surface area (Å²) in [6.45, 7) is 0.639. The fourth-order valence-electron chi connectivity index (χ4n) is 4.99. The second kappa shape index (κ2) is 8.91. The Kier molecular flexibility index (Phi) is 5.45. The quantitative estimate of drug-likeness (QED) is 0.293. The fraction of sp³-hybridized carbons (Fsp3) is 0.250. The number of nitrogens with one attached hydrogen (secondary N) is 1. The minimum absolute atomic E-state index is 0.358. The standard InChI is InChI=1S/C28H26N4O3/c1-34-27(33)20-11-13-24-22(16-20)30-26(32(24)21-9-5-6-10-21)19-12-14-25-23(15-19)31-28(35-25)29-17-18-7-3-2-4-8-18/h2-4,7-8,11-16,21H,5-6,9-10,17H2,1H3,(H,29,31). The van der Waals surface area contributed by atoms with Gasteiger partial charge in [0, 0.05) is 18.2 Å². The molecule has 1 aliphatic rings. The normalized spacial score (nSPS) is 14.1. The molecule has 2 heterocycles. The molecule has 0 unspecified atom stereocenters. The van der Waals surface area contributed by atoms with Crippen LogP contribution in [0.1, 0.15) is 47.6 Å². The summed E-state index contributed by atoms with van der Waals surface area (Å²) >= 11 is 0. The molecule has 0 atom stereocenters. The predicted molar refractivity (Wildman–Crippen MR) is 135 cm³/mol. The number of oxazole rings is 1. The molecule has 6 rings (SSSR count). The van der Waals surface area contributed by atoms with Crippen LogP contribution in [-0.2, 0) is 11.3 Å². The average Bonchev–Trinajstić information content (AvgIpc) is 3.64. The van der Waals surface area contributed by atoms with Gasteiger partial charge in [-0.15, -0.1) is 0 Å². The number of anilines is 1. The molecule has 7 heteroatoms. The van der Waals surface area contributed by atoms with Crippen molar-refractivity contribution in [2.75, 3.05) is 12.4 Å². The zero-order chi connectivity index (χ0) is 23.8. The van der Waals surface area contributed by atoms with E-state index < -0.39 is 0 Å². The van der Waals surface area contributed by atoms with Gasteiger partial charge in [-0.2, -0.15) is 4.98 Å². The van der Waals surface area contributed by atoms with Crippen molar-refractivity contribution in [2.45, 2.75) is 38.3 Å². The average molecular weight is 467 g/mol. The molecular weight excluding hydrogens is 440 g/mol. The Morgan fingerprint density at radius 1 is 1.03 bits per heavy atom. The van der Waals surface area contributed by atoms with Crippen LogP contribution >= 0.6 is 0 Å². The third-order valence-electron chi connectivity index (χ3n) is 6.73. The van der Waals surface area contributed by atoms with Gasteiger partial charge >= 0.3 is 5.97 Å². The Morgan fingerprint density at radius 2 is 1.86 bits per heavy atom. The van der Waals surface area contributed by atoms with E-state index in [0.29, 0.717) is 24.2 Å². The first kappa shape index (κ1) is 21.4. The molecule has 1 aliphatic carbocycles. The van der Waals surface area contributed by atoms with Crippen LogP contribution in [0.25, 0.3) is 33.5 Å². The lowest BCUT2D eigenvalue weighted by atomic mass is 10.1. The lowest BCUT2D eigenvalue weighted by molar-refractivity contribution is 0.0601. The number of ether oxygens (including phenoxy) is 1. The van der Waals surface area contributed by atoms with Crippen molar-refractivity contribution in [1.82, 2.24) is 14.5 Å². The van der Waals surface area contributed by atoms with Crippen LogP contribution in [0, 0.1) is 0 Å². The first-order valence-corrected chi connectivity index (χ1v) is 12.0. The molecule has 0 aliphatic heterocycles. The van der Waals surface area contributed by atoms with Gasteiger partial charge in [-0.05, 0) is 54.8 Å². The van der Waals surface area contributed by atoms with Crippen molar-refractivity contribution in [3.05, 3.63) is 77.9 Å². The zero-order valence-electron chi connectivity index (χ0n) is 19.5. The number of methoxy groups -OCH3 is 1. The number of aromatic nitrogens is 3. The van der Waals surface area contributed by atoms with Crippen LogP contribution < -0.4 is 5.32 Å². The van der Waals surface area contributed by atoms with Crippen LogP contribution in [0.5, 0.6) is 0 Å². The first-order chi connectivity index (χ1) is 17.2. The number of hydrogen-bond donors (Lipinski definition) is 1. The Hall–Kier alpha value is -4.13. The molecule has 2 aromatic heterocycles. The number of imidazole rings is 1. The fourth-order valence-corrected chi connectivity index (χ4v) is 4.99. The number of hydrogen-bond acceptors (Lipinski definition) is 6. The summed E-state index contributed by atoms with van der Waals surface area (Å²) in [6, 6.07) is 22.7. The number of carbonyl (C=O) groups excluding carboxylic acids is 1. The van der Waals surface area contributed by atoms with E-state index in [2.05, 4.69) is 27.0 Å². The van der Waals surface area contributed by atoms with E-state index in [9.17, 15) is 4.79 Å². The smallest absolute Gasteiger partial charge is 0.337 e. The zero-order valence-corrected chi connectivity index (χ0v) is 19.5. The van der Waals surface area contributed by atoms with Gasteiger partial charge in [-0.25, -0.2) is 9.78 Å². The maximum atomic E-state index is 12.1. The second-order valence-corrected chi connectivity index (χ2v) is 8.98. The topological polar surface area (TPSA) is 82.2 Å². The van der Waals surface area contributed by atoms with E-state index in [1.807, 2.05) is 54.6 Å². The van der Waals surface area contributed by atoms with Crippen molar-refractivity contribution in [1.29, 1.82) is 0 Å². The highest BCUT2D eigenvalue weighted by Gasteiger charge is 2.24. The van der Waals surface area contributed by atoms with Crippen molar-refractivity contribution in [3.63, 3.8) is 0 Å². The summed E-state index contributed by atoms with van der Waals surface area (Å²) in [4.78, 5) is 21.7. The summed E-state index contributed by atoms with van der Waals surface area (Å²) in [5.74, 6) is 0.529. The number of nitrogens with zero attached hydrogens (tertiary/aromatic N) is 3. The third-order valence-corrected chi connectivity index (χ3v) is 6.73. The molecule has 5 aromatic rings. The molecule has 1 N–H and O–H groups in total. The molecule has 176 valence electrons. The largest absolute Gasteiger partial charge is 0.465 e. The van der Waals surface area contributed by atoms with Crippen LogP contribution in [0.2, 0.25) is 0 Å². The molecule has 0 radical (unpaired) electrons. The lowest BCUT2D eigenvalue weighted by Crippen LogP contribution is -2.07. The second-order valence-electron chi connectivity index (χ2n) is 8.98. The van der Waals surface area contributed by atoms with E-state index in [-0.39, 0.29) is 5.97 Å². The highest BCUT2D eigenvalue weighted by atomic mass is 16.5. The van der Waals surface area contributed by atoms with Crippen molar-refractivity contribution >= 4 is 34.1 Å². The van der Waals surface area contributed by atoms with E-state index >= 15 is 0 Å². The molecule has 0 bridgehead atoms. The van der Waals surface area contributed by atoms with Crippen molar-refractivity contribution in [2.24, 2.45) is 0 Å². The Bertz CT molecular complexity index is 1510. The summed E-state index contributed by atoms with van der Waals surface area (Å²) in [6.07, 6.45) is 4.67. The van der Waals surface area contributed by atoms with Gasteiger partial charge in [0.2, 0.25) is 0 Å². The van der Waals surface area contributed by atoms with Crippen LogP contribution in [-0.4, -0.2) is 27.6 Å². The summed E-state index contributed by atoms with van der Waals surface area (Å²) in [5, 5.41) is 3.27. The van der Waals surface area contributed by atoms with E-state index in [1.165, 1.54) is 20.0 Å². The Balaban J connectivity index is 1.38. The van der Waals surface area contributed by atoms with Crippen LogP contribution in [0.4, 0.5) is 6.01 Å². The minimum Gasteiger partial charge on any atom is -0.465 e. The van der Waals surface area contributed by atoms with Gasteiger partial charge in [0.05, 0.1) is 23.7 Å². The number of rotatable bonds is 6. The van der Waals surface area contributed by atoms with Gasteiger partial charge in [0.25, 0.3) is 6.01 Å². The highest BCUT2D eigenvalue weighted by molar-refractivity contribution is 5.94. The monoisotopic (exact) mass is 466 g/mol. The molecular formula is C28H26N4O3. The first-order valence-electron chi connectivity index (χ1n) is 12.0. The maximum absolute atomic E-state index is 12.1. The molecule has 35 heavy (non-hydrogen) atoms. The van der Waals surface area contributed by atoms with Crippen molar-refractivity contribution < 1.29 is 13.9 Å². The lowest BCUT2D eigenvalue weighted by Gasteiger charge is -2.16. The molecule has 1 saturated carbocycles. The van der Waals surface area contributed by atoms with Gasteiger partial charge in [0.15, 0.2) is 5.58 Å². The number of esters is 1. The summed E-state index contributed by atoms with van der Waals surface area (Å²) < 4.78 is 13.2. The van der Waals surface area contributed by atoms with E-state index in [0.717, 1.165) is 51.9 Å². The highest BCUT2D eigenvalue weighted by Crippen LogP contribution is 2.38. The predicted octanol–water partition coefficient (Wildman–Crippen LogP) is 6.36. The Morgan fingerprint density at radius 3 is 2.66 bits per heavy atom. The van der Waals surface area contributed by atoms with Crippen LogP contribution in [0.15, 0.2) is 71.1 Å². The number of benzene rings is 3. The number of carbonyl (C=O) groups is 1. The number of fused-ring (bicyclic) bond motifs is 2. The molecule has 3 aromatic carbocycles. The molecule has 0 spiro atoms. The van der Waals surface area contributed by atoms with E-state index in [1.54, 1.807) is 0 Å². The van der Waals surface area contributed by atoms with Gasteiger partial charge in [-0.1, -0.05) is 43.2 Å². The SMILES string of the molecule is COC(=O)c1ccc2c(c1)nc(-c1ccc3oc(NCc4ccccc4)nc3c1)n2C1CCCC1. The summed E-state index contributed by atoms with van der Waals surface area (Å²) in [5.41, 5.74) is 5.96. The maximum Gasteiger partial charge on any atom is 0.337 e. The van der Waals surface area contributed by atoms with Gasteiger partial charge in [0.1, 0.15) is 11.3 Å². The van der Waals surface area contributed by atoms with Gasteiger partial charge in [-0.3, -0.25) is 0 Å². The molecule has 0 saturated heterocycles. The van der Waals surface area contributed by atoms with Gasteiger partial charge < -0.3 is 19.0 Å². The molecule has 7 nitrogen and oxygen atoms in total.